The molecule has 0 spiro atoms. The second-order valence-electron chi connectivity index (χ2n) is 14.3. The Bertz CT molecular complexity index is 2620. The summed E-state index contributed by atoms with van der Waals surface area (Å²) in [4.78, 5) is 87.7. The van der Waals surface area contributed by atoms with Crippen LogP contribution in [0, 0.1) is 44.0 Å². The summed E-state index contributed by atoms with van der Waals surface area (Å²) < 4.78 is 164. The molecule has 0 heterocycles. The van der Waals surface area contributed by atoms with E-state index in [4.69, 9.17) is 5.73 Å². The fourth-order valence-electron chi connectivity index (χ4n) is 5.16. The number of rotatable bonds is 9. The Labute approximate surface area is 407 Å². The van der Waals surface area contributed by atoms with Crippen LogP contribution in [0.3, 0.4) is 0 Å². The minimum atomic E-state index is -5.22. The van der Waals surface area contributed by atoms with Gasteiger partial charge in [-0.25, -0.2) is 27.7 Å². The molecule has 0 atom stereocenters. The van der Waals surface area contributed by atoms with Crippen molar-refractivity contribution in [3.63, 3.8) is 0 Å². The van der Waals surface area contributed by atoms with Gasteiger partial charge in [0.15, 0.2) is 11.6 Å². The van der Waals surface area contributed by atoms with Gasteiger partial charge in [0.05, 0.1) is 48.1 Å². The number of ketones is 2. The number of nitrogens with two attached hydrogens (primary N) is 1. The van der Waals surface area contributed by atoms with Crippen LogP contribution in [0.1, 0.15) is 72.0 Å². The third-order valence-electron chi connectivity index (χ3n) is 8.63. The number of carbonyl (C=O) groups is 7. The molecule has 15 nitrogen and oxygen atoms in total. The van der Waals surface area contributed by atoms with E-state index in [2.05, 4.69) is 25.6 Å². The molecule has 0 bridgehead atoms. The summed E-state index contributed by atoms with van der Waals surface area (Å²) in [5.74, 6) is -13.8. The van der Waals surface area contributed by atoms with Gasteiger partial charge in [-0.2, -0.15) is 39.5 Å². The largest absolute Gasteiger partial charge is 0.471 e. The third kappa shape index (κ3) is 18.2. The maximum atomic E-state index is 13.8. The predicted octanol–water partition coefficient (Wildman–Crippen LogP) is 9.75. The summed E-state index contributed by atoms with van der Waals surface area (Å²) in [6.07, 6.45) is -15.6. The molecular weight excluding hydrogens is 1070 g/mol. The van der Waals surface area contributed by atoms with Gasteiger partial charge in [0.1, 0.15) is 23.3 Å². The molecule has 0 saturated heterocycles. The number of halogens is 14. The predicted molar refractivity (Wildman–Crippen MR) is 234 cm³/mol. The van der Waals surface area contributed by atoms with Gasteiger partial charge in [-0.15, -0.1) is 0 Å². The number of amides is 5. The first-order valence-electron chi connectivity index (χ1n) is 19.3. The summed E-state index contributed by atoms with van der Waals surface area (Å²) in [6, 6.07) is 8.95. The molecule has 4 aromatic rings. The molecule has 0 fully saturated rings. The quantitative estimate of drug-likeness (QED) is 0.0540. The number of benzene rings is 4. The van der Waals surface area contributed by atoms with E-state index in [-0.39, 0.29) is 27.1 Å². The van der Waals surface area contributed by atoms with Gasteiger partial charge >= 0.3 is 36.3 Å². The summed E-state index contributed by atoms with van der Waals surface area (Å²) in [7, 11) is 4.66. The van der Waals surface area contributed by atoms with Crippen LogP contribution in [0.15, 0.2) is 53.0 Å². The zero-order chi connectivity index (χ0) is 56.1. The first-order valence-corrected chi connectivity index (χ1v) is 20.0. The van der Waals surface area contributed by atoms with Crippen LogP contribution < -0.4 is 21.7 Å². The van der Waals surface area contributed by atoms with E-state index >= 15 is 0 Å². The molecule has 0 aliphatic rings. The SMILES string of the molecule is CC(=O)c1cc(C)cc(F)c1N.CC(=O)c1cc(C)cc(F)c1NC(=O)C(F)(F)F.CON(C)C(=O)c1cc(Br)cc(F)c1NC(=O)C(F)(F)F.CON(C)C(=O)c1cc(C)cc(F)c1NC(=O)C(F)(F)F. The Hall–Kier alpha value is -7.14. The van der Waals surface area contributed by atoms with E-state index in [1.54, 1.807) is 13.0 Å². The Morgan fingerprint density at radius 2 is 0.764 bits per heavy atom. The van der Waals surface area contributed by atoms with E-state index in [1.807, 2.05) is 0 Å². The maximum Gasteiger partial charge on any atom is 0.471 e. The smallest absolute Gasteiger partial charge is 0.396 e. The number of Topliss-reactive ketones (excluding diaryl/α,β-unsaturated/α-hetero) is 2. The van der Waals surface area contributed by atoms with Crippen molar-refractivity contribution in [1.82, 2.24) is 10.1 Å². The highest BCUT2D eigenvalue weighted by Gasteiger charge is 2.42. The minimum Gasteiger partial charge on any atom is -0.396 e. The lowest BCUT2D eigenvalue weighted by atomic mass is 10.1. The maximum absolute atomic E-state index is 13.8. The zero-order valence-electron chi connectivity index (χ0n) is 38.6. The molecule has 0 aliphatic carbocycles. The molecule has 4 aromatic carbocycles. The molecule has 5 amide bonds. The van der Waals surface area contributed by atoms with Crippen LogP contribution >= 0.6 is 15.9 Å². The second-order valence-corrected chi connectivity index (χ2v) is 15.2. The summed E-state index contributed by atoms with van der Waals surface area (Å²) in [5, 5.41) is 5.44. The summed E-state index contributed by atoms with van der Waals surface area (Å²) >= 11 is 2.91. The van der Waals surface area contributed by atoms with Gasteiger partial charge in [0.25, 0.3) is 11.8 Å². The molecular formula is C43H40BrF13N6O9. The fourth-order valence-corrected chi connectivity index (χ4v) is 5.59. The van der Waals surface area contributed by atoms with E-state index in [0.717, 1.165) is 51.5 Å². The van der Waals surface area contributed by atoms with E-state index in [1.165, 1.54) is 62.9 Å². The van der Waals surface area contributed by atoms with Gasteiger partial charge in [0.2, 0.25) is 0 Å². The monoisotopic (exact) mass is 1110 g/mol. The molecule has 394 valence electrons. The number of nitrogen functional groups attached to an aromatic ring is 1. The normalized spacial score (nSPS) is 11.0. The van der Waals surface area contributed by atoms with Gasteiger partial charge in [-0.3, -0.25) is 43.2 Å². The van der Waals surface area contributed by atoms with Gasteiger partial charge in [-0.1, -0.05) is 15.9 Å². The van der Waals surface area contributed by atoms with Crippen LogP contribution in [0.2, 0.25) is 0 Å². The average Bonchev–Trinajstić information content (AvgIpc) is 3.25. The van der Waals surface area contributed by atoms with Crippen molar-refractivity contribution in [3.05, 3.63) is 115 Å². The highest BCUT2D eigenvalue weighted by molar-refractivity contribution is 9.10. The van der Waals surface area contributed by atoms with Crippen LogP contribution in [0.5, 0.6) is 0 Å². The number of anilines is 4. The van der Waals surface area contributed by atoms with Crippen molar-refractivity contribution in [1.29, 1.82) is 0 Å². The molecule has 0 aliphatic heterocycles. The average molecular weight is 1110 g/mol. The van der Waals surface area contributed by atoms with Crippen molar-refractivity contribution in [2.45, 2.75) is 53.1 Å². The van der Waals surface area contributed by atoms with E-state index < -0.39 is 105 Å². The lowest BCUT2D eigenvalue weighted by molar-refractivity contribution is -0.167. The number of nitrogens with one attached hydrogen (secondary N) is 3. The van der Waals surface area contributed by atoms with Crippen LogP contribution in [0.25, 0.3) is 0 Å². The van der Waals surface area contributed by atoms with Crippen molar-refractivity contribution < 1.29 is 100 Å². The van der Waals surface area contributed by atoms with Crippen molar-refractivity contribution in [2.75, 3.05) is 50.0 Å². The first-order chi connectivity index (χ1) is 32.8. The molecule has 0 unspecified atom stereocenters. The molecule has 72 heavy (non-hydrogen) atoms. The number of alkyl halides is 9. The first kappa shape index (κ1) is 62.9. The van der Waals surface area contributed by atoms with Crippen LogP contribution in [-0.2, 0) is 24.1 Å². The lowest BCUT2D eigenvalue weighted by Gasteiger charge is -2.18. The highest BCUT2D eigenvalue weighted by Crippen LogP contribution is 2.30. The standard InChI is InChI=1S/C12H12F4N2O3.C11H9BrF4N2O3.C11H9F4NO2.C9H10FNO/c1-6-4-7(10(19)18(2)21-3)9(8(13)5-6)17-11(20)12(14,15)16;1-18(21-2)9(19)6-3-5(12)4-7(13)8(6)17-10(20)11(14,15)16;1-5-3-7(6(2)17)9(8(12)4-5)16-10(18)11(13,14)15;1-5-3-7(6(2)12)9(11)8(10)4-5/h4-5H,1-3H3,(H,17,20);3-4H,1-2H3,(H,17,20);3-4H,1-2H3,(H,16,18);3-4H,11H2,1-2H3. The number of carbonyl (C=O) groups excluding carboxylic acids is 7. The molecule has 29 heteroatoms. The Morgan fingerprint density at radius 3 is 1.08 bits per heavy atom. The molecule has 0 saturated carbocycles. The van der Waals surface area contributed by atoms with Crippen molar-refractivity contribution >= 4 is 79.8 Å². The van der Waals surface area contributed by atoms with Gasteiger partial charge < -0.3 is 21.7 Å². The van der Waals surface area contributed by atoms with Crippen molar-refractivity contribution in [2.24, 2.45) is 0 Å². The number of aryl methyl sites for hydroxylation is 3. The molecule has 4 rings (SSSR count). The Balaban J connectivity index is 0.000000488. The topological polar surface area (TPSA) is 207 Å². The van der Waals surface area contributed by atoms with E-state index in [0.29, 0.717) is 26.8 Å². The Morgan fingerprint density at radius 1 is 0.486 bits per heavy atom. The molecule has 0 aromatic heterocycles. The zero-order valence-corrected chi connectivity index (χ0v) is 40.1. The van der Waals surface area contributed by atoms with Gasteiger partial charge in [0, 0.05) is 29.7 Å². The summed E-state index contributed by atoms with van der Waals surface area (Å²) in [6.45, 7) is 7.07. The Kier molecular flexibility index (Phi) is 22.5. The number of hydroxylamine groups is 4. The summed E-state index contributed by atoms with van der Waals surface area (Å²) in [5.41, 5.74) is 3.18. The van der Waals surface area contributed by atoms with Gasteiger partial charge in [-0.05, 0) is 99.8 Å². The van der Waals surface area contributed by atoms with Crippen molar-refractivity contribution in [3.8, 4) is 0 Å². The number of hydrogen-bond acceptors (Lipinski definition) is 10. The molecule has 0 radical (unpaired) electrons. The highest BCUT2D eigenvalue weighted by atomic mass is 79.9. The second kappa shape index (κ2) is 25.8. The number of nitrogens with zero attached hydrogens (tertiary/aromatic N) is 2. The lowest BCUT2D eigenvalue weighted by Crippen LogP contribution is -2.32. The minimum absolute atomic E-state index is 0.0619. The molecule has 5 N–H and O–H groups in total. The van der Waals surface area contributed by atoms with E-state index in [9.17, 15) is 90.6 Å². The third-order valence-corrected chi connectivity index (χ3v) is 9.08. The van der Waals surface area contributed by atoms with Crippen LogP contribution in [0.4, 0.5) is 79.8 Å². The van der Waals surface area contributed by atoms with Crippen LogP contribution in [-0.4, -0.2) is 98.1 Å². The number of hydrogen-bond donors (Lipinski definition) is 4. The fraction of sp³-hybridized carbons (Fsp3) is 0.279.